The molecule has 17 heteroatoms. The number of halogens is 8. The van der Waals surface area contributed by atoms with Gasteiger partial charge in [-0.2, -0.15) is 35.1 Å². The summed E-state index contributed by atoms with van der Waals surface area (Å²) in [6.45, 7) is 0.854. The summed E-state index contributed by atoms with van der Waals surface area (Å²) in [5, 5.41) is -6.27. The van der Waals surface area contributed by atoms with Gasteiger partial charge in [-0.1, -0.05) is 19.9 Å². The van der Waals surface area contributed by atoms with Gasteiger partial charge in [-0.05, 0) is 6.42 Å². The second-order valence-corrected chi connectivity index (χ2v) is 7.09. The third-order valence-electron chi connectivity index (χ3n) is 3.29. The Labute approximate surface area is 169 Å². The Morgan fingerprint density at radius 3 is 1.94 bits per heavy atom. The molecular formula is C14H15F8O8S-. The van der Waals surface area contributed by atoms with Crippen LogP contribution in [0.2, 0.25) is 0 Å². The summed E-state index contributed by atoms with van der Waals surface area (Å²) in [4.78, 5) is 23.1. The maximum absolute atomic E-state index is 13.5. The average Bonchev–Trinajstić information content (AvgIpc) is 2.58. The highest BCUT2D eigenvalue weighted by Gasteiger charge is 2.69. The van der Waals surface area contributed by atoms with Crippen LogP contribution >= 0.6 is 0 Å². The Morgan fingerprint density at radius 2 is 1.55 bits per heavy atom. The standard InChI is InChI=1S/C14H16F8O8S/c1-3-4-6-28-10(24)12(13(18,19)20,30-9(23)8(2)15)29-7-5-11(16,17)14(21,22)31(25,26)27/h2-7H2,1H3,(H,25,26,27)/p-1. The molecule has 1 atom stereocenters. The number of rotatable bonds is 12. The third-order valence-corrected chi connectivity index (χ3v) is 4.22. The highest BCUT2D eigenvalue weighted by Crippen LogP contribution is 2.42. The molecule has 0 saturated carbocycles. The van der Waals surface area contributed by atoms with Crippen molar-refractivity contribution in [1.82, 2.24) is 0 Å². The first-order valence-corrected chi connectivity index (χ1v) is 9.34. The minimum atomic E-state index is -6.97. The van der Waals surface area contributed by atoms with E-state index in [2.05, 4.69) is 20.8 Å². The summed E-state index contributed by atoms with van der Waals surface area (Å²) in [6.07, 6.45) is -8.45. The van der Waals surface area contributed by atoms with Crippen molar-refractivity contribution in [3.63, 3.8) is 0 Å². The van der Waals surface area contributed by atoms with E-state index >= 15 is 0 Å². The molecule has 0 saturated heterocycles. The van der Waals surface area contributed by atoms with Crippen molar-refractivity contribution >= 4 is 22.1 Å². The molecule has 0 aromatic rings. The van der Waals surface area contributed by atoms with Crippen molar-refractivity contribution in [1.29, 1.82) is 0 Å². The van der Waals surface area contributed by atoms with Gasteiger partial charge in [0.25, 0.3) is 0 Å². The second-order valence-electron chi connectivity index (χ2n) is 5.67. The van der Waals surface area contributed by atoms with E-state index in [1.54, 1.807) is 0 Å². The summed E-state index contributed by atoms with van der Waals surface area (Å²) >= 11 is 0. The molecular weight excluding hydrogens is 480 g/mol. The van der Waals surface area contributed by atoms with Gasteiger partial charge < -0.3 is 18.8 Å². The summed E-state index contributed by atoms with van der Waals surface area (Å²) < 4.78 is 149. The molecule has 0 N–H and O–H groups in total. The first-order valence-electron chi connectivity index (χ1n) is 7.93. The van der Waals surface area contributed by atoms with Crippen LogP contribution in [0.15, 0.2) is 12.4 Å². The van der Waals surface area contributed by atoms with E-state index in [0.29, 0.717) is 0 Å². The largest absolute Gasteiger partial charge is 0.743 e. The summed E-state index contributed by atoms with van der Waals surface area (Å²) in [6, 6.07) is 0. The lowest BCUT2D eigenvalue weighted by atomic mass is 10.2. The van der Waals surface area contributed by atoms with Crippen molar-refractivity contribution in [2.45, 2.75) is 49.3 Å². The molecule has 0 fully saturated rings. The van der Waals surface area contributed by atoms with E-state index < -0.39 is 70.7 Å². The number of ether oxygens (including phenoxy) is 3. The van der Waals surface area contributed by atoms with Gasteiger partial charge in [0.1, 0.15) is 0 Å². The van der Waals surface area contributed by atoms with Crippen molar-refractivity contribution in [3.8, 4) is 0 Å². The Kier molecular flexibility index (Phi) is 9.42. The molecule has 8 nitrogen and oxygen atoms in total. The normalized spacial score (nSPS) is 15.2. The molecule has 0 spiro atoms. The molecule has 1 unspecified atom stereocenters. The van der Waals surface area contributed by atoms with Crippen molar-refractivity contribution in [2.75, 3.05) is 13.2 Å². The zero-order valence-electron chi connectivity index (χ0n) is 15.4. The van der Waals surface area contributed by atoms with Gasteiger partial charge in [0, 0.05) is 6.42 Å². The highest BCUT2D eigenvalue weighted by molar-refractivity contribution is 7.86. The molecule has 0 aromatic heterocycles. The average molecular weight is 495 g/mol. The van der Waals surface area contributed by atoms with Gasteiger partial charge in [0.2, 0.25) is 5.83 Å². The number of unbranched alkanes of at least 4 members (excludes halogenated alkanes) is 1. The lowest BCUT2D eigenvalue weighted by molar-refractivity contribution is -0.357. The van der Waals surface area contributed by atoms with Gasteiger partial charge in [0.15, 0.2) is 10.1 Å². The van der Waals surface area contributed by atoms with Gasteiger partial charge in [-0.15, -0.1) is 0 Å². The van der Waals surface area contributed by atoms with Crippen molar-refractivity contribution in [2.24, 2.45) is 0 Å². The number of alkyl halides is 7. The first-order chi connectivity index (χ1) is 13.8. The molecule has 0 aliphatic heterocycles. The van der Waals surface area contributed by atoms with E-state index in [1.807, 2.05) is 0 Å². The third kappa shape index (κ3) is 6.73. The van der Waals surface area contributed by atoms with Crippen LogP contribution in [-0.2, 0) is 33.9 Å². The van der Waals surface area contributed by atoms with Crippen LogP contribution < -0.4 is 0 Å². The van der Waals surface area contributed by atoms with Gasteiger partial charge in [-0.25, -0.2) is 18.0 Å². The van der Waals surface area contributed by atoms with Crippen molar-refractivity contribution in [3.05, 3.63) is 12.4 Å². The van der Waals surface area contributed by atoms with E-state index in [9.17, 15) is 57.7 Å². The van der Waals surface area contributed by atoms with Crippen LogP contribution in [0.1, 0.15) is 26.2 Å². The molecule has 0 bridgehead atoms. The quantitative estimate of drug-likeness (QED) is 0.101. The minimum absolute atomic E-state index is 0.0326. The summed E-state index contributed by atoms with van der Waals surface area (Å²) in [5.74, 6) is -18.0. The molecule has 0 aromatic carbocycles. The van der Waals surface area contributed by atoms with E-state index in [0.717, 1.165) is 0 Å². The number of carbonyl (C=O) groups excluding carboxylic acids is 2. The fourth-order valence-corrected chi connectivity index (χ4v) is 2.09. The summed E-state index contributed by atoms with van der Waals surface area (Å²) in [7, 11) is -6.97. The van der Waals surface area contributed by atoms with Crippen LogP contribution in [0.3, 0.4) is 0 Å². The second kappa shape index (κ2) is 10.1. The molecule has 0 rings (SSSR count). The van der Waals surface area contributed by atoms with E-state index in [-0.39, 0.29) is 12.8 Å². The van der Waals surface area contributed by atoms with E-state index in [4.69, 9.17) is 0 Å². The zero-order chi connectivity index (χ0) is 24.9. The highest BCUT2D eigenvalue weighted by atomic mass is 32.2. The maximum atomic E-state index is 13.5. The molecule has 0 aliphatic rings. The molecule has 182 valence electrons. The van der Waals surface area contributed by atoms with Crippen LogP contribution in [0.5, 0.6) is 0 Å². The lowest BCUT2D eigenvalue weighted by Crippen LogP contribution is -2.59. The minimum Gasteiger partial charge on any atom is -0.743 e. The Bertz CT molecular complexity index is 780. The SMILES string of the molecule is C=C(F)C(=O)OC(OCCC(F)(F)C(F)(F)S(=O)(=O)[O-])(C(=O)OCCCC)C(F)(F)F. The zero-order valence-corrected chi connectivity index (χ0v) is 16.3. The monoisotopic (exact) mass is 495 g/mol. The Hall–Kier alpha value is -2.01. The van der Waals surface area contributed by atoms with Crippen LogP contribution in [0.25, 0.3) is 0 Å². The van der Waals surface area contributed by atoms with Crippen molar-refractivity contribution < 1.29 is 71.9 Å². The lowest BCUT2D eigenvalue weighted by Gasteiger charge is -2.33. The maximum Gasteiger partial charge on any atom is 0.468 e. The Morgan fingerprint density at radius 1 is 1.03 bits per heavy atom. The van der Waals surface area contributed by atoms with Crippen LogP contribution in [0, 0.1) is 0 Å². The predicted octanol–water partition coefficient (Wildman–Crippen LogP) is 2.79. The fraction of sp³-hybridized carbons (Fsp3) is 0.714. The van der Waals surface area contributed by atoms with Crippen LogP contribution in [-0.4, -0.2) is 61.3 Å². The molecule has 0 aliphatic carbocycles. The molecule has 0 amide bonds. The summed E-state index contributed by atoms with van der Waals surface area (Å²) in [5.41, 5.74) is 0. The number of carbonyl (C=O) groups is 2. The van der Waals surface area contributed by atoms with Gasteiger partial charge >= 0.3 is 35.1 Å². The number of esters is 2. The molecule has 0 radical (unpaired) electrons. The molecule has 31 heavy (non-hydrogen) atoms. The molecule has 0 heterocycles. The topological polar surface area (TPSA) is 119 Å². The van der Waals surface area contributed by atoms with E-state index in [1.165, 1.54) is 6.92 Å². The Balaban J connectivity index is 5.96. The first kappa shape index (κ1) is 29.0. The van der Waals surface area contributed by atoms with Gasteiger partial charge in [0.05, 0.1) is 13.2 Å². The predicted molar refractivity (Wildman–Crippen MR) is 81.2 cm³/mol. The number of hydrogen-bond donors (Lipinski definition) is 0. The fourth-order valence-electron chi connectivity index (χ4n) is 1.63. The van der Waals surface area contributed by atoms with Gasteiger partial charge in [-0.3, -0.25) is 0 Å². The smallest absolute Gasteiger partial charge is 0.468 e. The number of hydrogen-bond acceptors (Lipinski definition) is 8. The van der Waals surface area contributed by atoms with Crippen LogP contribution in [0.4, 0.5) is 35.1 Å².